The van der Waals surface area contributed by atoms with E-state index >= 15 is 0 Å². The molecule has 0 radical (unpaired) electrons. The molecule has 0 aliphatic carbocycles. The molecule has 27 heavy (non-hydrogen) atoms. The third-order valence-corrected chi connectivity index (χ3v) is 4.57. The number of amides is 1. The van der Waals surface area contributed by atoms with E-state index < -0.39 is 0 Å². The SMILES string of the molecule is CC(=O)c1ccc2c(c1)C(=C(NCCCN(C)C)c1ccccc1)C(=O)N2. The lowest BCUT2D eigenvalue weighted by atomic mass is 9.98. The van der Waals surface area contributed by atoms with Gasteiger partial charge in [0.25, 0.3) is 5.91 Å². The molecule has 0 unspecified atom stereocenters. The number of hydrogen-bond acceptors (Lipinski definition) is 4. The van der Waals surface area contributed by atoms with Gasteiger partial charge in [-0.15, -0.1) is 0 Å². The minimum Gasteiger partial charge on any atom is -0.384 e. The maximum atomic E-state index is 12.8. The molecule has 1 amide bonds. The van der Waals surface area contributed by atoms with Crippen LogP contribution >= 0.6 is 0 Å². The minimum absolute atomic E-state index is 0.0169. The van der Waals surface area contributed by atoms with Gasteiger partial charge in [0.1, 0.15) is 0 Å². The standard InChI is InChI=1S/C22H25N3O2/c1-15(26)17-10-11-19-18(14-17)20(22(27)24-19)21(16-8-5-4-6-9-16)23-12-7-13-25(2)3/h4-6,8-11,14,23H,7,12-13H2,1-3H3,(H,24,27). The zero-order valence-corrected chi connectivity index (χ0v) is 16.0. The van der Waals surface area contributed by atoms with Gasteiger partial charge in [0, 0.05) is 23.4 Å². The molecule has 2 aromatic carbocycles. The van der Waals surface area contributed by atoms with Crippen LogP contribution in [0.5, 0.6) is 0 Å². The van der Waals surface area contributed by atoms with Crippen LogP contribution in [0.15, 0.2) is 48.5 Å². The van der Waals surface area contributed by atoms with Crippen molar-refractivity contribution in [3.8, 4) is 0 Å². The van der Waals surface area contributed by atoms with Crippen molar-refractivity contribution in [2.24, 2.45) is 0 Å². The average molecular weight is 363 g/mol. The molecular formula is C22H25N3O2. The predicted molar refractivity (Wildman–Crippen MR) is 110 cm³/mol. The summed E-state index contributed by atoms with van der Waals surface area (Å²) < 4.78 is 0. The maximum Gasteiger partial charge on any atom is 0.258 e. The first-order chi connectivity index (χ1) is 13.0. The van der Waals surface area contributed by atoms with E-state index in [4.69, 9.17) is 0 Å². The molecule has 2 aromatic rings. The molecule has 2 N–H and O–H groups in total. The summed E-state index contributed by atoms with van der Waals surface area (Å²) in [6, 6.07) is 15.2. The third-order valence-electron chi connectivity index (χ3n) is 4.57. The zero-order valence-electron chi connectivity index (χ0n) is 16.0. The van der Waals surface area contributed by atoms with Gasteiger partial charge in [0.15, 0.2) is 5.78 Å². The highest BCUT2D eigenvalue weighted by Crippen LogP contribution is 2.36. The van der Waals surface area contributed by atoms with Gasteiger partial charge in [0.2, 0.25) is 0 Å². The summed E-state index contributed by atoms with van der Waals surface area (Å²) in [7, 11) is 4.08. The van der Waals surface area contributed by atoms with E-state index in [9.17, 15) is 9.59 Å². The van der Waals surface area contributed by atoms with Crippen molar-refractivity contribution in [2.75, 3.05) is 32.5 Å². The molecular weight excluding hydrogens is 338 g/mol. The van der Waals surface area contributed by atoms with Crippen LogP contribution in [0.2, 0.25) is 0 Å². The van der Waals surface area contributed by atoms with E-state index in [0.717, 1.165) is 42.0 Å². The molecule has 0 fully saturated rings. The number of carbonyl (C=O) groups is 2. The van der Waals surface area contributed by atoms with Crippen LogP contribution in [0.3, 0.4) is 0 Å². The minimum atomic E-state index is -0.148. The van der Waals surface area contributed by atoms with E-state index in [1.165, 1.54) is 6.92 Å². The third kappa shape index (κ3) is 4.26. The van der Waals surface area contributed by atoms with Crippen molar-refractivity contribution in [3.63, 3.8) is 0 Å². The van der Waals surface area contributed by atoms with Gasteiger partial charge < -0.3 is 15.5 Å². The van der Waals surface area contributed by atoms with Gasteiger partial charge in [-0.25, -0.2) is 0 Å². The number of benzene rings is 2. The van der Waals surface area contributed by atoms with Crippen molar-refractivity contribution in [1.29, 1.82) is 0 Å². The Balaban J connectivity index is 2.04. The molecule has 1 heterocycles. The number of nitrogens with zero attached hydrogens (tertiary/aromatic N) is 1. The van der Waals surface area contributed by atoms with E-state index in [-0.39, 0.29) is 11.7 Å². The lowest BCUT2D eigenvalue weighted by molar-refractivity contribution is -0.110. The molecule has 140 valence electrons. The first kappa shape index (κ1) is 18.9. The van der Waals surface area contributed by atoms with Crippen molar-refractivity contribution in [2.45, 2.75) is 13.3 Å². The Labute approximate surface area is 160 Å². The highest BCUT2D eigenvalue weighted by molar-refractivity contribution is 6.36. The van der Waals surface area contributed by atoms with Gasteiger partial charge in [-0.3, -0.25) is 9.59 Å². The van der Waals surface area contributed by atoms with Crippen molar-refractivity contribution in [1.82, 2.24) is 10.2 Å². The van der Waals surface area contributed by atoms with Crippen LogP contribution in [-0.4, -0.2) is 43.8 Å². The summed E-state index contributed by atoms with van der Waals surface area (Å²) in [4.78, 5) is 26.7. The number of Topliss-reactive ketones (excluding diaryl/α,β-unsaturated/α-hetero) is 1. The molecule has 5 nitrogen and oxygen atoms in total. The number of nitrogens with one attached hydrogen (secondary N) is 2. The van der Waals surface area contributed by atoms with Crippen LogP contribution in [0.25, 0.3) is 11.3 Å². The molecule has 1 aliphatic rings. The first-order valence-electron chi connectivity index (χ1n) is 9.12. The van der Waals surface area contributed by atoms with Crippen molar-refractivity contribution in [3.05, 3.63) is 65.2 Å². The molecule has 0 bridgehead atoms. The van der Waals surface area contributed by atoms with Crippen LogP contribution < -0.4 is 10.6 Å². The van der Waals surface area contributed by atoms with Gasteiger partial charge in [0.05, 0.1) is 11.3 Å². The monoisotopic (exact) mass is 363 g/mol. The molecule has 0 aromatic heterocycles. The fraction of sp³-hybridized carbons (Fsp3) is 0.273. The summed E-state index contributed by atoms with van der Waals surface area (Å²) in [5.74, 6) is -0.165. The smallest absolute Gasteiger partial charge is 0.258 e. The summed E-state index contributed by atoms with van der Waals surface area (Å²) in [6.45, 7) is 3.25. The number of carbonyl (C=O) groups excluding carboxylic acids is 2. The Morgan fingerprint density at radius 3 is 2.48 bits per heavy atom. The molecule has 0 atom stereocenters. The van der Waals surface area contributed by atoms with Crippen LogP contribution in [-0.2, 0) is 4.79 Å². The van der Waals surface area contributed by atoms with E-state index in [1.54, 1.807) is 18.2 Å². The Kier molecular flexibility index (Phi) is 5.72. The summed E-state index contributed by atoms with van der Waals surface area (Å²) in [5, 5.41) is 6.38. The number of anilines is 1. The number of rotatable bonds is 7. The summed E-state index contributed by atoms with van der Waals surface area (Å²) in [6.07, 6.45) is 0.957. The Morgan fingerprint density at radius 2 is 1.81 bits per heavy atom. The fourth-order valence-corrected chi connectivity index (χ4v) is 3.18. The van der Waals surface area contributed by atoms with Crippen molar-refractivity contribution >= 4 is 28.6 Å². The number of ketones is 1. The summed E-state index contributed by atoms with van der Waals surface area (Å²) in [5.41, 5.74) is 4.45. The predicted octanol–water partition coefficient (Wildman–Crippen LogP) is 3.25. The highest BCUT2D eigenvalue weighted by atomic mass is 16.2. The molecule has 0 saturated carbocycles. The van der Waals surface area contributed by atoms with E-state index in [1.807, 2.05) is 44.4 Å². The summed E-state index contributed by atoms with van der Waals surface area (Å²) >= 11 is 0. The van der Waals surface area contributed by atoms with E-state index in [0.29, 0.717) is 11.1 Å². The Bertz CT molecular complexity index is 886. The number of hydrogen-bond donors (Lipinski definition) is 2. The van der Waals surface area contributed by atoms with Crippen LogP contribution in [0, 0.1) is 0 Å². The second-order valence-corrected chi connectivity index (χ2v) is 6.97. The largest absolute Gasteiger partial charge is 0.384 e. The second kappa shape index (κ2) is 8.18. The molecule has 1 aliphatic heterocycles. The van der Waals surface area contributed by atoms with Gasteiger partial charge in [-0.1, -0.05) is 30.3 Å². The molecule has 3 rings (SSSR count). The normalized spacial score (nSPS) is 14.7. The topological polar surface area (TPSA) is 61.4 Å². The van der Waals surface area contributed by atoms with Crippen molar-refractivity contribution < 1.29 is 9.59 Å². The number of fused-ring (bicyclic) bond motifs is 1. The second-order valence-electron chi connectivity index (χ2n) is 6.97. The Morgan fingerprint density at radius 1 is 1.07 bits per heavy atom. The zero-order chi connectivity index (χ0) is 19.4. The quantitative estimate of drug-likeness (QED) is 0.450. The van der Waals surface area contributed by atoms with Gasteiger partial charge >= 0.3 is 0 Å². The maximum absolute atomic E-state index is 12.8. The molecule has 0 spiro atoms. The Hall–Kier alpha value is -2.92. The van der Waals surface area contributed by atoms with Gasteiger partial charge in [-0.2, -0.15) is 0 Å². The van der Waals surface area contributed by atoms with Gasteiger partial charge in [-0.05, 0) is 57.7 Å². The molecule has 0 saturated heterocycles. The lowest BCUT2D eigenvalue weighted by Crippen LogP contribution is -2.22. The highest BCUT2D eigenvalue weighted by Gasteiger charge is 2.28. The van der Waals surface area contributed by atoms with Crippen LogP contribution in [0.4, 0.5) is 5.69 Å². The fourth-order valence-electron chi connectivity index (χ4n) is 3.18. The average Bonchev–Trinajstić information content (AvgIpc) is 2.97. The molecule has 5 heteroatoms. The van der Waals surface area contributed by atoms with Crippen LogP contribution in [0.1, 0.15) is 34.8 Å². The lowest BCUT2D eigenvalue weighted by Gasteiger charge is -2.16. The first-order valence-corrected chi connectivity index (χ1v) is 9.12. The van der Waals surface area contributed by atoms with E-state index in [2.05, 4.69) is 15.5 Å².